The standard InChI is InChI=1S/C12H14ClN3/c1-4-9(5-10(13)8(2)3)11-6-15-7-12(14)16-11/h4-7H,2H2,1,3H3,(H2,14,16)/b9-4+,10-5+. The summed E-state index contributed by atoms with van der Waals surface area (Å²) in [5, 5.41) is 0.595. The predicted octanol–water partition coefficient (Wildman–Crippen LogP) is 3.16. The van der Waals surface area contributed by atoms with E-state index in [1.54, 1.807) is 12.3 Å². The molecule has 1 rings (SSSR count). The molecule has 1 aromatic heterocycles. The summed E-state index contributed by atoms with van der Waals surface area (Å²) in [4.78, 5) is 8.15. The van der Waals surface area contributed by atoms with Crippen LogP contribution in [-0.4, -0.2) is 9.97 Å². The number of nitrogens with zero attached hydrogens (tertiary/aromatic N) is 2. The Balaban J connectivity index is 3.11. The lowest BCUT2D eigenvalue weighted by atomic mass is 10.1. The maximum absolute atomic E-state index is 6.02. The third-order valence-corrected chi connectivity index (χ3v) is 2.38. The largest absolute Gasteiger partial charge is 0.382 e. The maximum Gasteiger partial charge on any atom is 0.142 e. The van der Waals surface area contributed by atoms with Crippen LogP contribution in [0.15, 0.2) is 41.7 Å². The van der Waals surface area contributed by atoms with E-state index in [-0.39, 0.29) is 0 Å². The maximum atomic E-state index is 6.02. The van der Waals surface area contributed by atoms with Gasteiger partial charge in [0.05, 0.1) is 18.1 Å². The molecule has 84 valence electrons. The number of anilines is 1. The molecule has 0 saturated heterocycles. The van der Waals surface area contributed by atoms with Crippen LogP contribution in [0.5, 0.6) is 0 Å². The number of halogens is 1. The summed E-state index contributed by atoms with van der Waals surface area (Å²) in [5.41, 5.74) is 7.94. The van der Waals surface area contributed by atoms with E-state index in [0.29, 0.717) is 16.5 Å². The molecule has 0 spiro atoms. The number of nitrogen functional groups attached to an aromatic ring is 1. The highest BCUT2D eigenvalue weighted by Gasteiger charge is 2.02. The Labute approximate surface area is 100 Å². The molecule has 3 nitrogen and oxygen atoms in total. The van der Waals surface area contributed by atoms with Gasteiger partial charge in [-0.05, 0) is 31.1 Å². The topological polar surface area (TPSA) is 51.8 Å². The third kappa shape index (κ3) is 3.21. The van der Waals surface area contributed by atoms with Crippen LogP contribution in [0.3, 0.4) is 0 Å². The van der Waals surface area contributed by atoms with E-state index in [9.17, 15) is 0 Å². The zero-order valence-corrected chi connectivity index (χ0v) is 10.1. The van der Waals surface area contributed by atoms with Crippen molar-refractivity contribution in [2.24, 2.45) is 0 Å². The molecular weight excluding hydrogens is 222 g/mol. The molecule has 0 atom stereocenters. The van der Waals surface area contributed by atoms with E-state index >= 15 is 0 Å². The van der Waals surface area contributed by atoms with Crippen LogP contribution >= 0.6 is 11.6 Å². The fourth-order valence-electron chi connectivity index (χ4n) is 1.09. The van der Waals surface area contributed by atoms with Gasteiger partial charge in [0, 0.05) is 5.03 Å². The quantitative estimate of drug-likeness (QED) is 0.819. The SMILES string of the molecule is C=C(C)/C(Cl)=C\C(=C/C)c1cncc(N)n1. The fourth-order valence-corrected chi connectivity index (χ4v) is 1.20. The van der Waals surface area contributed by atoms with Gasteiger partial charge in [0.15, 0.2) is 0 Å². The van der Waals surface area contributed by atoms with Gasteiger partial charge in [-0.3, -0.25) is 4.98 Å². The van der Waals surface area contributed by atoms with Crippen LogP contribution in [0, 0.1) is 0 Å². The van der Waals surface area contributed by atoms with Gasteiger partial charge in [-0.15, -0.1) is 0 Å². The van der Waals surface area contributed by atoms with Crippen molar-refractivity contribution in [1.29, 1.82) is 0 Å². The molecule has 0 aliphatic rings. The summed E-state index contributed by atoms with van der Waals surface area (Å²) < 4.78 is 0. The summed E-state index contributed by atoms with van der Waals surface area (Å²) >= 11 is 6.02. The number of nitrogens with two attached hydrogens (primary N) is 1. The van der Waals surface area contributed by atoms with Crippen molar-refractivity contribution >= 4 is 23.0 Å². The molecule has 0 unspecified atom stereocenters. The summed E-state index contributed by atoms with van der Waals surface area (Å²) in [7, 11) is 0. The summed E-state index contributed by atoms with van der Waals surface area (Å²) in [6, 6.07) is 0. The van der Waals surface area contributed by atoms with Gasteiger partial charge in [0.25, 0.3) is 0 Å². The normalized spacial score (nSPS) is 12.7. The van der Waals surface area contributed by atoms with Crippen molar-refractivity contribution < 1.29 is 0 Å². The number of aromatic nitrogens is 2. The monoisotopic (exact) mass is 235 g/mol. The lowest BCUT2D eigenvalue weighted by Crippen LogP contribution is -1.95. The van der Waals surface area contributed by atoms with Crippen LogP contribution in [0.2, 0.25) is 0 Å². The average Bonchev–Trinajstić information content (AvgIpc) is 2.25. The van der Waals surface area contributed by atoms with E-state index < -0.39 is 0 Å². The van der Waals surface area contributed by atoms with Crippen LogP contribution in [0.4, 0.5) is 5.82 Å². The number of allylic oxidation sites excluding steroid dienone is 5. The van der Waals surface area contributed by atoms with Gasteiger partial charge < -0.3 is 5.73 Å². The second-order valence-electron chi connectivity index (χ2n) is 3.35. The molecule has 1 aromatic rings. The molecule has 0 amide bonds. The minimum Gasteiger partial charge on any atom is -0.382 e. The molecule has 1 heterocycles. The first-order valence-electron chi connectivity index (χ1n) is 4.82. The molecule has 0 saturated carbocycles. The Kier molecular flexibility index (Phi) is 4.26. The lowest BCUT2D eigenvalue weighted by molar-refractivity contribution is 1.18. The van der Waals surface area contributed by atoms with Crippen molar-refractivity contribution in [3.05, 3.63) is 47.4 Å². The van der Waals surface area contributed by atoms with Gasteiger partial charge in [-0.25, -0.2) is 4.98 Å². The number of rotatable bonds is 3. The molecule has 4 heteroatoms. The number of hydrogen-bond acceptors (Lipinski definition) is 3. The highest BCUT2D eigenvalue weighted by molar-refractivity contribution is 6.32. The van der Waals surface area contributed by atoms with E-state index in [2.05, 4.69) is 16.5 Å². The Morgan fingerprint density at radius 1 is 1.50 bits per heavy atom. The Morgan fingerprint density at radius 2 is 2.19 bits per heavy atom. The van der Waals surface area contributed by atoms with Crippen molar-refractivity contribution in [1.82, 2.24) is 9.97 Å². The smallest absolute Gasteiger partial charge is 0.142 e. The Morgan fingerprint density at radius 3 is 2.69 bits per heavy atom. The predicted molar refractivity (Wildman–Crippen MR) is 68.8 cm³/mol. The molecule has 0 aromatic carbocycles. The minimum absolute atomic E-state index is 0.386. The van der Waals surface area contributed by atoms with Crippen LogP contribution < -0.4 is 5.73 Å². The first-order chi connectivity index (χ1) is 7.54. The van der Waals surface area contributed by atoms with Gasteiger partial charge in [0.2, 0.25) is 0 Å². The Hall–Kier alpha value is -1.61. The van der Waals surface area contributed by atoms with Crippen molar-refractivity contribution in [2.75, 3.05) is 5.73 Å². The van der Waals surface area contributed by atoms with Crippen LogP contribution in [0.25, 0.3) is 5.57 Å². The molecule has 2 N–H and O–H groups in total. The van der Waals surface area contributed by atoms with Gasteiger partial charge in [0.1, 0.15) is 5.82 Å². The highest BCUT2D eigenvalue weighted by Crippen LogP contribution is 2.20. The molecule has 0 bridgehead atoms. The van der Waals surface area contributed by atoms with Crippen molar-refractivity contribution in [3.63, 3.8) is 0 Å². The molecule has 0 radical (unpaired) electrons. The molecule has 0 aliphatic carbocycles. The molecular formula is C12H14ClN3. The summed E-state index contributed by atoms with van der Waals surface area (Å²) in [5.74, 6) is 0.386. The van der Waals surface area contributed by atoms with Gasteiger partial charge in [-0.2, -0.15) is 0 Å². The second-order valence-corrected chi connectivity index (χ2v) is 3.75. The van der Waals surface area contributed by atoms with Crippen molar-refractivity contribution in [2.45, 2.75) is 13.8 Å². The van der Waals surface area contributed by atoms with E-state index in [1.165, 1.54) is 6.20 Å². The zero-order valence-electron chi connectivity index (χ0n) is 9.37. The Bertz CT molecular complexity index is 461. The average molecular weight is 236 g/mol. The molecule has 0 fully saturated rings. The van der Waals surface area contributed by atoms with Gasteiger partial charge >= 0.3 is 0 Å². The van der Waals surface area contributed by atoms with Crippen LogP contribution in [-0.2, 0) is 0 Å². The van der Waals surface area contributed by atoms with E-state index in [1.807, 2.05) is 19.9 Å². The molecule has 0 aliphatic heterocycles. The van der Waals surface area contributed by atoms with Gasteiger partial charge in [-0.1, -0.05) is 24.3 Å². The minimum atomic E-state index is 0.386. The molecule has 16 heavy (non-hydrogen) atoms. The summed E-state index contributed by atoms with van der Waals surface area (Å²) in [6.45, 7) is 7.51. The third-order valence-electron chi connectivity index (χ3n) is 1.95. The lowest BCUT2D eigenvalue weighted by Gasteiger charge is -2.03. The van der Waals surface area contributed by atoms with Crippen LogP contribution in [0.1, 0.15) is 19.5 Å². The summed E-state index contributed by atoms with van der Waals surface area (Å²) in [6.07, 6.45) is 6.84. The van der Waals surface area contributed by atoms with Crippen molar-refractivity contribution in [3.8, 4) is 0 Å². The zero-order chi connectivity index (χ0) is 12.1. The first kappa shape index (κ1) is 12.5. The first-order valence-corrected chi connectivity index (χ1v) is 5.19. The van der Waals surface area contributed by atoms with E-state index in [0.717, 1.165) is 11.1 Å². The fraction of sp³-hybridized carbons (Fsp3) is 0.167. The highest BCUT2D eigenvalue weighted by atomic mass is 35.5. The van der Waals surface area contributed by atoms with E-state index in [4.69, 9.17) is 17.3 Å². The second kappa shape index (κ2) is 5.47. The number of hydrogen-bond donors (Lipinski definition) is 1.